The molecule has 0 bridgehead atoms. The highest BCUT2D eigenvalue weighted by molar-refractivity contribution is 6.00. The number of rotatable bonds is 2. The summed E-state index contributed by atoms with van der Waals surface area (Å²) in [7, 11) is 0. The summed E-state index contributed by atoms with van der Waals surface area (Å²) >= 11 is 0. The van der Waals surface area contributed by atoms with Crippen molar-refractivity contribution in [2.24, 2.45) is 5.41 Å². The fourth-order valence-electron chi connectivity index (χ4n) is 1.68. The largest absolute Gasteiger partial charge is 0.294 e. The van der Waals surface area contributed by atoms with E-state index in [2.05, 4.69) is 10.2 Å². The number of H-pyrrole nitrogens is 1. The highest BCUT2D eigenvalue weighted by Crippen LogP contribution is 2.24. The molecule has 3 nitrogen and oxygen atoms in total. The normalized spacial score (nSPS) is 11.5. The van der Waals surface area contributed by atoms with Gasteiger partial charge in [0.15, 0.2) is 5.78 Å². The van der Waals surface area contributed by atoms with Crippen LogP contribution in [0, 0.1) is 5.41 Å². The zero-order chi connectivity index (χ0) is 12.5. The second-order valence-electron chi connectivity index (χ2n) is 5.15. The maximum atomic E-state index is 12.2. The van der Waals surface area contributed by atoms with Gasteiger partial charge in [-0.2, -0.15) is 5.10 Å². The minimum atomic E-state index is -0.352. The number of carbonyl (C=O) groups excluding carboxylic acids is 1. The number of nitrogens with one attached hydrogen (secondary N) is 1. The highest BCUT2D eigenvalue weighted by atomic mass is 16.1. The topological polar surface area (TPSA) is 45.8 Å². The zero-order valence-corrected chi connectivity index (χ0v) is 10.3. The standard InChI is InChI=1S/C14H16N2O/c1-14(2,3)13(17)11-6-4-5-10(7-11)12-8-15-16-9-12/h4-9H,1-3H3,(H,15,16). The van der Waals surface area contributed by atoms with Crippen LogP contribution in [0.25, 0.3) is 11.1 Å². The van der Waals surface area contributed by atoms with Gasteiger partial charge in [0.25, 0.3) is 0 Å². The Balaban J connectivity index is 2.39. The first-order valence-corrected chi connectivity index (χ1v) is 5.62. The predicted molar refractivity (Wildman–Crippen MR) is 67.8 cm³/mol. The molecule has 0 fully saturated rings. The van der Waals surface area contributed by atoms with Crippen molar-refractivity contribution in [3.63, 3.8) is 0 Å². The molecule has 3 heteroatoms. The number of aromatic amines is 1. The van der Waals surface area contributed by atoms with Crippen LogP contribution in [0.5, 0.6) is 0 Å². The molecule has 17 heavy (non-hydrogen) atoms. The maximum Gasteiger partial charge on any atom is 0.168 e. The van der Waals surface area contributed by atoms with Gasteiger partial charge in [-0.15, -0.1) is 0 Å². The number of hydrogen-bond donors (Lipinski definition) is 1. The summed E-state index contributed by atoms with van der Waals surface area (Å²) < 4.78 is 0. The van der Waals surface area contributed by atoms with Gasteiger partial charge in [-0.1, -0.05) is 39.0 Å². The average Bonchev–Trinajstić information content (AvgIpc) is 2.80. The monoisotopic (exact) mass is 228 g/mol. The molecule has 0 amide bonds. The van der Waals surface area contributed by atoms with Crippen LogP contribution in [0.1, 0.15) is 31.1 Å². The van der Waals surface area contributed by atoms with Gasteiger partial charge >= 0.3 is 0 Å². The molecule has 1 aromatic carbocycles. The van der Waals surface area contributed by atoms with Crippen molar-refractivity contribution < 1.29 is 4.79 Å². The molecule has 0 radical (unpaired) electrons. The Bertz CT molecular complexity index is 521. The van der Waals surface area contributed by atoms with Crippen molar-refractivity contribution in [2.75, 3.05) is 0 Å². The Morgan fingerprint density at radius 3 is 2.59 bits per heavy atom. The summed E-state index contributed by atoms with van der Waals surface area (Å²) in [5.74, 6) is 0.155. The summed E-state index contributed by atoms with van der Waals surface area (Å²) in [4.78, 5) is 12.2. The van der Waals surface area contributed by atoms with E-state index in [-0.39, 0.29) is 11.2 Å². The van der Waals surface area contributed by atoms with E-state index in [1.165, 1.54) is 0 Å². The number of hydrogen-bond acceptors (Lipinski definition) is 2. The summed E-state index contributed by atoms with van der Waals surface area (Å²) in [6.45, 7) is 5.79. The van der Waals surface area contributed by atoms with Gasteiger partial charge in [0.2, 0.25) is 0 Å². The van der Waals surface area contributed by atoms with Crippen LogP contribution in [0.2, 0.25) is 0 Å². The lowest BCUT2D eigenvalue weighted by molar-refractivity contribution is 0.0858. The third kappa shape index (κ3) is 2.44. The van der Waals surface area contributed by atoms with Crippen molar-refractivity contribution in [2.45, 2.75) is 20.8 Å². The lowest BCUT2D eigenvalue weighted by Crippen LogP contribution is -2.20. The Hall–Kier alpha value is -1.90. The van der Waals surface area contributed by atoms with Crippen molar-refractivity contribution in [3.05, 3.63) is 42.2 Å². The van der Waals surface area contributed by atoms with Gasteiger partial charge in [-0.25, -0.2) is 0 Å². The van der Waals surface area contributed by atoms with Crippen molar-refractivity contribution >= 4 is 5.78 Å². The summed E-state index contributed by atoms with van der Waals surface area (Å²) in [6.07, 6.45) is 3.57. The fourth-order valence-corrected chi connectivity index (χ4v) is 1.68. The van der Waals surface area contributed by atoms with Gasteiger partial charge in [-0.05, 0) is 11.6 Å². The van der Waals surface area contributed by atoms with E-state index < -0.39 is 0 Å². The van der Waals surface area contributed by atoms with E-state index in [4.69, 9.17) is 0 Å². The Kier molecular flexibility index (Phi) is 2.84. The lowest BCUT2D eigenvalue weighted by Gasteiger charge is -2.16. The Morgan fingerprint density at radius 2 is 2.00 bits per heavy atom. The minimum Gasteiger partial charge on any atom is -0.294 e. The molecule has 88 valence electrons. The van der Waals surface area contributed by atoms with Crippen LogP contribution in [-0.4, -0.2) is 16.0 Å². The third-order valence-corrected chi connectivity index (χ3v) is 2.64. The molecular formula is C14H16N2O. The number of ketones is 1. The molecule has 0 saturated heterocycles. The number of carbonyl (C=O) groups is 1. The molecule has 0 aliphatic heterocycles. The van der Waals surface area contributed by atoms with Gasteiger partial charge in [-0.3, -0.25) is 9.89 Å². The first-order chi connectivity index (χ1) is 7.98. The smallest absolute Gasteiger partial charge is 0.168 e. The van der Waals surface area contributed by atoms with Crippen LogP contribution in [0.15, 0.2) is 36.7 Å². The van der Waals surface area contributed by atoms with E-state index in [1.54, 1.807) is 6.20 Å². The molecule has 0 unspecified atom stereocenters. The Labute approximate surface area is 101 Å². The number of aromatic nitrogens is 2. The number of nitrogens with zero attached hydrogens (tertiary/aromatic N) is 1. The van der Waals surface area contributed by atoms with Crippen LogP contribution in [0.4, 0.5) is 0 Å². The summed E-state index contributed by atoms with van der Waals surface area (Å²) in [5.41, 5.74) is 2.40. The van der Waals surface area contributed by atoms with Crippen LogP contribution in [0.3, 0.4) is 0 Å². The quantitative estimate of drug-likeness (QED) is 0.801. The van der Waals surface area contributed by atoms with Crippen molar-refractivity contribution in [1.82, 2.24) is 10.2 Å². The molecule has 0 aliphatic rings. The van der Waals surface area contributed by atoms with Gasteiger partial charge in [0.05, 0.1) is 6.20 Å². The second-order valence-corrected chi connectivity index (χ2v) is 5.15. The molecule has 0 spiro atoms. The molecule has 2 aromatic rings. The first-order valence-electron chi connectivity index (χ1n) is 5.62. The SMILES string of the molecule is CC(C)(C)C(=O)c1cccc(-c2cn[nH]c2)c1. The highest BCUT2D eigenvalue weighted by Gasteiger charge is 2.22. The maximum absolute atomic E-state index is 12.2. The van der Waals surface area contributed by atoms with E-state index >= 15 is 0 Å². The molecular weight excluding hydrogens is 212 g/mol. The van der Waals surface area contributed by atoms with Crippen molar-refractivity contribution in [3.8, 4) is 11.1 Å². The van der Waals surface area contributed by atoms with Crippen molar-refractivity contribution in [1.29, 1.82) is 0 Å². The van der Waals surface area contributed by atoms with E-state index in [9.17, 15) is 4.79 Å². The predicted octanol–water partition coefficient (Wildman–Crippen LogP) is 3.31. The number of Topliss-reactive ketones (excluding diaryl/α,β-unsaturated/α-hetero) is 1. The Morgan fingerprint density at radius 1 is 1.24 bits per heavy atom. The van der Waals surface area contributed by atoms with Gasteiger partial charge in [0.1, 0.15) is 0 Å². The molecule has 1 aromatic heterocycles. The van der Waals surface area contributed by atoms with E-state index in [0.29, 0.717) is 0 Å². The summed E-state index contributed by atoms with van der Waals surface area (Å²) in [6, 6.07) is 7.65. The molecule has 0 atom stereocenters. The molecule has 1 N–H and O–H groups in total. The average molecular weight is 228 g/mol. The first kappa shape index (κ1) is 11.6. The molecule has 1 heterocycles. The molecule has 2 rings (SSSR count). The third-order valence-electron chi connectivity index (χ3n) is 2.64. The van der Waals surface area contributed by atoms with E-state index in [0.717, 1.165) is 16.7 Å². The van der Waals surface area contributed by atoms with Gasteiger partial charge in [0, 0.05) is 22.7 Å². The molecule has 0 aliphatic carbocycles. The minimum absolute atomic E-state index is 0.155. The second kappa shape index (κ2) is 4.17. The fraction of sp³-hybridized carbons (Fsp3) is 0.286. The lowest BCUT2D eigenvalue weighted by atomic mass is 9.86. The molecule has 0 saturated carbocycles. The summed E-state index contributed by atoms with van der Waals surface area (Å²) in [5, 5.41) is 6.68. The van der Waals surface area contributed by atoms with Gasteiger partial charge < -0.3 is 0 Å². The van der Waals surface area contributed by atoms with E-state index in [1.807, 2.05) is 51.2 Å². The van der Waals surface area contributed by atoms with Crippen LogP contribution in [-0.2, 0) is 0 Å². The number of benzene rings is 1. The van der Waals surface area contributed by atoms with Crippen LogP contribution < -0.4 is 0 Å². The zero-order valence-electron chi connectivity index (χ0n) is 10.3. The van der Waals surface area contributed by atoms with Crippen LogP contribution >= 0.6 is 0 Å².